The van der Waals surface area contributed by atoms with Crippen LogP contribution < -0.4 is 14.5 Å². The van der Waals surface area contributed by atoms with Gasteiger partial charge in [0.25, 0.3) is 5.91 Å². The molecule has 0 spiro atoms. The second kappa shape index (κ2) is 12.5. The molecule has 2 aliphatic rings. The second-order valence-electron chi connectivity index (χ2n) is 10.1. The number of alkyl halides is 3. The number of nitrogens with one attached hydrogen (secondary N) is 1. The monoisotopic (exact) mass is 628 g/mol. The van der Waals surface area contributed by atoms with Crippen molar-refractivity contribution in [1.29, 1.82) is 0 Å². The Labute approximate surface area is 255 Å². The average Bonchev–Trinajstić information content (AvgIpc) is 3.41. The second-order valence-corrected chi connectivity index (χ2v) is 10.5. The Bertz CT molecular complexity index is 1720. The number of hydrogen-bond donors (Lipinski definition) is 2. The van der Waals surface area contributed by atoms with Crippen molar-refractivity contribution in [2.75, 3.05) is 56.2 Å². The molecule has 0 atom stereocenters. The number of carboxylic acids is 1. The van der Waals surface area contributed by atoms with Crippen LogP contribution in [0.3, 0.4) is 0 Å². The third-order valence-corrected chi connectivity index (χ3v) is 7.61. The van der Waals surface area contributed by atoms with Crippen LogP contribution in [0.15, 0.2) is 61.4 Å². The molecule has 0 saturated carbocycles. The summed E-state index contributed by atoms with van der Waals surface area (Å²) in [5, 5.41) is 8.55. The van der Waals surface area contributed by atoms with E-state index in [1.165, 1.54) is 6.08 Å². The Balaban J connectivity index is 0.000000493. The molecule has 2 N–H and O–H groups in total. The van der Waals surface area contributed by atoms with Crippen molar-refractivity contribution >= 4 is 46.0 Å². The number of aromatic nitrogens is 3. The highest BCUT2D eigenvalue weighted by molar-refractivity contribution is 6.37. The van der Waals surface area contributed by atoms with Crippen molar-refractivity contribution < 1.29 is 32.6 Å². The van der Waals surface area contributed by atoms with Gasteiger partial charge in [0.2, 0.25) is 0 Å². The summed E-state index contributed by atoms with van der Waals surface area (Å²) >= 11 is 6.74. The number of likely N-dealkylation sites (N-methyl/N-ethyl adjacent to an activating group) is 1. The number of carbonyl (C=O) groups excluding carboxylic acids is 1. The molecule has 14 heteroatoms. The van der Waals surface area contributed by atoms with Gasteiger partial charge in [-0.1, -0.05) is 24.2 Å². The highest BCUT2D eigenvalue weighted by Gasteiger charge is 2.38. The molecule has 1 saturated heterocycles. The van der Waals surface area contributed by atoms with E-state index in [4.69, 9.17) is 26.2 Å². The summed E-state index contributed by atoms with van der Waals surface area (Å²) < 4.78 is 37.6. The van der Waals surface area contributed by atoms with Crippen LogP contribution in [0.2, 0.25) is 5.02 Å². The molecule has 44 heavy (non-hydrogen) atoms. The van der Waals surface area contributed by atoms with Gasteiger partial charge in [-0.3, -0.25) is 4.79 Å². The smallest absolute Gasteiger partial charge is 0.490 e. The molecule has 0 bridgehead atoms. The predicted octanol–water partition coefficient (Wildman–Crippen LogP) is 5.24. The van der Waals surface area contributed by atoms with Crippen LogP contribution in [-0.2, 0) is 9.59 Å². The van der Waals surface area contributed by atoms with Gasteiger partial charge in [0, 0.05) is 55.1 Å². The lowest BCUT2D eigenvalue weighted by atomic mass is 9.98. The van der Waals surface area contributed by atoms with Crippen molar-refractivity contribution in [2.45, 2.75) is 6.18 Å². The Morgan fingerprint density at radius 3 is 2.43 bits per heavy atom. The number of nitrogens with zero attached hydrogens (tertiary/aromatic N) is 5. The van der Waals surface area contributed by atoms with Crippen molar-refractivity contribution in [1.82, 2.24) is 19.9 Å². The minimum Gasteiger partial charge on any atom is -0.490 e. The first-order chi connectivity index (χ1) is 21.0. The number of piperazine rings is 1. The van der Waals surface area contributed by atoms with Crippen molar-refractivity contribution in [2.24, 2.45) is 0 Å². The number of halogens is 4. The minimum absolute atomic E-state index is 0.161. The molecule has 2 aliphatic heterocycles. The van der Waals surface area contributed by atoms with E-state index in [1.54, 1.807) is 17.2 Å². The van der Waals surface area contributed by atoms with Crippen LogP contribution in [0.4, 0.5) is 24.7 Å². The fraction of sp³-hybridized carbons (Fsp3) is 0.267. The number of aromatic amines is 1. The van der Waals surface area contributed by atoms with Gasteiger partial charge in [-0.15, -0.1) is 0 Å². The zero-order chi connectivity index (χ0) is 31.6. The summed E-state index contributed by atoms with van der Waals surface area (Å²) in [4.78, 5) is 40.6. The summed E-state index contributed by atoms with van der Waals surface area (Å²) in [7, 11) is 2.14. The van der Waals surface area contributed by atoms with Crippen LogP contribution in [0, 0.1) is 0 Å². The van der Waals surface area contributed by atoms with Gasteiger partial charge >= 0.3 is 12.1 Å². The molecule has 0 aliphatic carbocycles. The van der Waals surface area contributed by atoms with Gasteiger partial charge in [-0.2, -0.15) is 13.2 Å². The van der Waals surface area contributed by atoms with E-state index in [2.05, 4.69) is 44.4 Å². The van der Waals surface area contributed by atoms with Gasteiger partial charge in [0.05, 0.1) is 22.9 Å². The molecule has 1 amide bonds. The number of benzene rings is 1. The van der Waals surface area contributed by atoms with Gasteiger partial charge in [-0.05, 0) is 49.0 Å². The van der Waals surface area contributed by atoms with Gasteiger partial charge in [0.15, 0.2) is 0 Å². The van der Waals surface area contributed by atoms with Crippen LogP contribution >= 0.6 is 11.6 Å². The van der Waals surface area contributed by atoms with Crippen LogP contribution in [0.1, 0.15) is 0 Å². The average molecular weight is 629 g/mol. The zero-order valence-electron chi connectivity index (χ0n) is 23.6. The molecular formula is C30H28ClF3N6O4. The molecule has 1 aromatic carbocycles. The third kappa shape index (κ3) is 6.33. The topological polar surface area (TPSA) is 115 Å². The van der Waals surface area contributed by atoms with Crippen molar-refractivity contribution in [3.05, 3.63) is 66.5 Å². The van der Waals surface area contributed by atoms with Crippen molar-refractivity contribution in [3.8, 4) is 28.1 Å². The van der Waals surface area contributed by atoms with Crippen LogP contribution in [0.25, 0.3) is 33.4 Å². The summed E-state index contributed by atoms with van der Waals surface area (Å²) in [6.07, 6.45) is -0.211. The van der Waals surface area contributed by atoms with E-state index in [1.807, 2.05) is 30.5 Å². The molecule has 0 unspecified atom stereocenters. The maximum Gasteiger partial charge on any atom is 0.490 e. The number of H-pyrrole nitrogens is 1. The lowest BCUT2D eigenvalue weighted by Crippen LogP contribution is -2.44. The number of aliphatic carboxylic acids is 1. The van der Waals surface area contributed by atoms with Crippen LogP contribution in [0.5, 0.6) is 5.75 Å². The largest absolute Gasteiger partial charge is 0.490 e. The fourth-order valence-electron chi connectivity index (χ4n) is 5.08. The Morgan fingerprint density at radius 2 is 1.75 bits per heavy atom. The van der Waals surface area contributed by atoms with E-state index in [0.29, 0.717) is 35.3 Å². The molecule has 3 aromatic heterocycles. The molecule has 6 rings (SSSR count). The van der Waals surface area contributed by atoms with Gasteiger partial charge in [0.1, 0.15) is 23.8 Å². The zero-order valence-corrected chi connectivity index (χ0v) is 24.3. The number of anilines is 2. The quantitative estimate of drug-likeness (QED) is 0.295. The Kier molecular flexibility index (Phi) is 8.79. The van der Waals surface area contributed by atoms with E-state index >= 15 is 0 Å². The fourth-order valence-corrected chi connectivity index (χ4v) is 5.32. The van der Waals surface area contributed by atoms with E-state index in [-0.39, 0.29) is 5.91 Å². The van der Waals surface area contributed by atoms with Gasteiger partial charge < -0.3 is 29.5 Å². The lowest BCUT2D eigenvalue weighted by Gasteiger charge is -2.33. The van der Waals surface area contributed by atoms with E-state index in [9.17, 15) is 18.0 Å². The number of hydrogen-bond acceptors (Lipinski definition) is 7. The number of rotatable bonds is 4. The maximum absolute atomic E-state index is 12.6. The molecule has 0 radical (unpaired) electrons. The lowest BCUT2D eigenvalue weighted by molar-refractivity contribution is -0.192. The maximum atomic E-state index is 12.6. The highest BCUT2D eigenvalue weighted by Crippen LogP contribution is 2.44. The predicted molar refractivity (Wildman–Crippen MR) is 161 cm³/mol. The number of fused-ring (bicyclic) bond motifs is 2. The number of amides is 1. The summed E-state index contributed by atoms with van der Waals surface area (Å²) in [6.45, 7) is 8.42. The Morgan fingerprint density at radius 1 is 1.05 bits per heavy atom. The highest BCUT2D eigenvalue weighted by atomic mass is 35.5. The molecule has 5 heterocycles. The van der Waals surface area contributed by atoms with Crippen molar-refractivity contribution in [3.63, 3.8) is 0 Å². The van der Waals surface area contributed by atoms with Gasteiger partial charge in [-0.25, -0.2) is 14.8 Å². The molecule has 230 valence electrons. The summed E-state index contributed by atoms with van der Waals surface area (Å²) in [5.41, 5.74) is 5.11. The Hall–Kier alpha value is -4.62. The number of carboxylic acid groups (broad SMARTS) is 1. The summed E-state index contributed by atoms with van der Waals surface area (Å²) in [6, 6.07) is 11.8. The summed E-state index contributed by atoms with van der Waals surface area (Å²) in [5.74, 6) is -1.31. The minimum atomic E-state index is -5.08. The third-order valence-electron chi connectivity index (χ3n) is 7.30. The molecule has 1 fully saturated rings. The number of carbonyl (C=O) groups is 2. The normalized spacial score (nSPS) is 15.2. The van der Waals surface area contributed by atoms with Crippen LogP contribution in [-0.4, -0.2) is 89.4 Å². The van der Waals surface area contributed by atoms with E-state index < -0.39 is 12.1 Å². The molecule has 4 aromatic rings. The number of pyridine rings is 2. The molecular weight excluding hydrogens is 601 g/mol. The van der Waals surface area contributed by atoms with E-state index in [0.717, 1.165) is 59.8 Å². The SMILES string of the molecule is C=CC(=O)N1CCOc2ccc(-c3c(-c4ccnc(N5CCN(C)CC5)c4)[nH]c4nccc(Cl)c34)cc21.O=C(O)C(F)(F)F. The first-order valence-electron chi connectivity index (χ1n) is 13.5. The first kappa shape index (κ1) is 30.8. The standard InChI is InChI=1S/C28H27ClN6O2.C2HF3O2/c1-3-24(36)35-14-15-37-22-5-4-18(16-21(22)35)25-26-20(29)7-9-31-28(26)32-27(25)19-6-8-30-23(17-19)34-12-10-33(2)11-13-34;3-2(4,5)1(6)7/h3-9,16-17H,1,10-15H2,2H3,(H,31,32);(H,6,7). The first-order valence-corrected chi connectivity index (χ1v) is 13.9. The molecule has 10 nitrogen and oxygen atoms in total. The number of ether oxygens (including phenoxy) is 1.